The summed E-state index contributed by atoms with van der Waals surface area (Å²) in [5.74, 6) is -0.102. The van der Waals surface area contributed by atoms with Crippen LogP contribution in [0.5, 0.6) is 5.75 Å². The molecular weight excluding hydrogens is 228 g/mol. The fourth-order valence-corrected chi connectivity index (χ4v) is 1.84. The van der Waals surface area contributed by atoms with Gasteiger partial charge in [0, 0.05) is 0 Å². The van der Waals surface area contributed by atoms with Crippen molar-refractivity contribution in [1.82, 2.24) is 0 Å². The molecular formula is C15H22O3. The van der Waals surface area contributed by atoms with Crippen LogP contribution in [0.4, 0.5) is 0 Å². The molecule has 0 heterocycles. The molecule has 100 valence electrons. The summed E-state index contributed by atoms with van der Waals surface area (Å²) in [6, 6.07) is 4.77. The summed E-state index contributed by atoms with van der Waals surface area (Å²) >= 11 is 0. The number of hydrogen-bond donors (Lipinski definition) is 1. The van der Waals surface area contributed by atoms with Crippen molar-refractivity contribution in [2.24, 2.45) is 0 Å². The summed E-state index contributed by atoms with van der Waals surface area (Å²) in [7, 11) is 0. The highest BCUT2D eigenvalue weighted by Crippen LogP contribution is 2.18. The first-order valence-corrected chi connectivity index (χ1v) is 6.68. The Morgan fingerprint density at radius 1 is 1.22 bits per heavy atom. The van der Waals surface area contributed by atoms with Crippen LogP contribution in [0.3, 0.4) is 0 Å². The Morgan fingerprint density at radius 2 is 2.00 bits per heavy atom. The Labute approximate surface area is 109 Å². The van der Waals surface area contributed by atoms with Crippen molar-refractivity contribution >= 4 is 5.97 Å². The first-order chi connectivity index (χ1) is 8.69. The highest BCUT2D eigenvalue weighted by molar-refractivity contribution is 5.91. The van der Waals surface area contributed by atoms with Gasteiger partial charge in [-0.2, -0.15) is 0 Å². The maximum absolute atomic E-state index is 11.9. The Hall–Kier alpha value is -1.51. The number of phenolic OH excluding ortho intramolecular Hbond substituents is 1. The third-order valence-corrected chi connectivity index (χ3v) is 2.92. The molecule has 0 unspecified atom stereocenters. The fraction of sp³-hybridized carbons (Fsp3) is 0.533. The minimum Gasteiger partial charge on any atom is -0.508 e. The minimum atomic E-state index is -0.289. The van der Waals surface area contributed by atoms with Crippen LogP contribution >= 0.6 is 0 Å². The minimum absolute atomic E-state index is 0.186. The first kappa shape index (κ1) is 14.6. The van der Waals surface area contributed by atoms with Gasteiger partial charge in [-0.05, 0) is 36.6 Å². The number of benzene rings is 1. The van der Waals surface area contributed by atoms with E-state index in [2.05, 4.69) is 6.92 Å². The van der Waals surface area contributed by atoms with E-state index in [1.54, 1.807) is 12.1 Å². The van der Waals surface area contributed by atoms with Crippen LogP contribution in [0, 0.1) is 0 Å². The zero-order valence-corrected chi connectivity index (χ0v) is 11.2. The number of hydrogen-bond acceptors (Lipinski definition) is 3. The van der Waals surface area contributed by atoms with E-state index in [1.165, 1.54) is 18.9 Å². The number of carbonyl (C=O) groups excluding carboxylic acids is 1. The lowest BCUT2D eigenvalue weighted by Crippen LogP contribution is -2.09. The second-order valence-electron chi connectivity index (χ2n) is 4.39. The Morgan fingerprint density at radius 3 is 2.67 bits per heavy atom. The molecule has 0 saturated carbocycles. The van der Waals surface area contributed by atoms with Gasteiger partial charge in [0.15, 0.2) is 0 Å². The number of aryl methyl sites for hydroxylation is 1. The topological polar surface area (TPSA) is 46.5 Å². The first-order valence-electron chi connectivity index (χ1n) is 6.68. The molecule has 0 radical (unpaired) electrons. The molecule has 3 heteroatoms. The largest absolute Gasteiger partial charge is 0.508 e. The van der Waals surface area contributed by atoms with Gasteiger partial charge in [0.25, 0.3) is 0 Å². The second-order valence-corrected chi connectivity index (χ2v) is 4.39. The van der Waals surface area contributed by atoms with Crippen LogP contribution in [-0.2, 0) is 11.2 Å². The smallest absolute Gasteiger partial charge is 0.338 e. The van der Waals surface area contributed by atoms with Crippen molar-refractivity contribution in [2.45, 2.75) is 46.0 Å². The van der Waals surface area contributed by atoms with E-state index in [0.29, 0.717) is 18.6 Å². The molecule has 0 aliphatic rings. The average molecular weight is 250 g/mol. The summed E-state index contributed by atoms with van der Waals surface area (Å²) in [4.78, 5) is 11.9. The van der Waals surface area contributed by atoms with Gasteiger partial charge in [0.2, 0.25) is 0 Å². The van der Waals surface area contributed by atoms with Crippen LogP contribution in [0.25, 0.3) is 0 Å². The molecule has 18 heavy (non-hydrogen) atoms. The van der Waals surface area contributed by atoms with Gasteiger partial charge in [0.1, 0.15) is 5.75 Å². The summed E-state index contributed by atoms with van der Waals surface area (Å²) in [5.41, 5.74) is 1.39. The number of esters is 1. The average Bonchev–Trinajstić information content (AvgIpc) is 2.38. The lowest BCUT2D eigenvalue weighted by atomic mass is 10.1. The third kappa shape index (κ3) is 4.40. The standard InChI is InChI=1S/C15H22O3/c1-3-5-6-7-10-18-15(17)14-9-8-13(16)11-12(14)4-2/h8-9,11,16H,3-7,10H2,1-2H3. The van der Waals surface area contributed by atoms with Gasteiger partial charge in [-0.25, -0.2) is 4.79 Å². The Kier molecular flexibility index (Phi) is 6.26. The monoisotopic (exact) mass is 250 g/mol. The van der Waals surface area contributed by atoms with Gasteiger partial charge in [0.05, 0.1) is 12.2 Å². The van der Waals surface area contributed by atoms with Crippen molar-refractivity contribution in [3.63, 3.8) is 0 Å². The van der Waals surface area contributed by atoms with Crippen molar-refractivity contribution in [1.29, 1.82) is 0 Å². The molecule has 0 aromatic heterocycles. The van der Waals surface area contributed by atoms with E-state index in [0.717, 1.165) is 18.4 Å². The maximum atomic E-state index is 11.9. The summed E-state index contributed by atoms with van der Waals surface area (Å²) in [6.45, 7) is 4.58. The maximum Gasteiger partial charge on any atom is 0.338 e. The molecule has 1 N–H and O–H groups in total. The normalized spacial score (nSPS) is 10.3. The molecule has 0 bridgehead atoms. The molecule has 0 saturated heterocycles. The third-order valence-electron chi connectivity index (χ3n) is 2.92. The molecule has 0 spiro atoms. The lowest BCUT2D eigenvalue weighted by molar-refractivity contribution is 0.0496. The predicted octanol–water partition coefficient (Wildman–Crippen LogP) is 3.69. The van der Waals surface area contributed by atoms with Crippen LogP contribution in [0.15, 0.2) is 18.2 Å². The fourth-order valence-electron chi connectivity index (χ4n) is 1.84. The zero-order chi connectivity index (χ0) is 13.4. The van der Waals surface area contributed by atoms with Crippen molar-refractivity contribution < 1.29 is 14.6 Å². The van der Waals surface area contributed by atoms with Gasteiger partial charge >= 0.3 is 5.97 Å². The van der Waals surface area contributed by atoms with Crippen molar-refractivity contribution in [3.8, 4) is 5.75 Å². The van der Waals surface area contributed by atoms with Gasteiger partial charge in [-0.3, -0.25) is 0 Å². The van der Waals surface area contributed by atoms with Crippen molar-refractivity contribution in [3.05, 3.63) is 29.3 Å². The molecule has 3 nitrogen and oxygen atoms in total. The predicted molar refractivity (Wildman–Crippen MR) is 71.9 cm³/mol. The van der Waals surface area contributed by atoms with Gasteiger partial charge < -0.3 is 9.84 Å². The molecule has 1 rings (SSSR count). The quantitative estimate of drug-likeness (QED) is 0.593. The summed E-state index contributed by atoms with van der Waals surface area (Å²) in [6.07, 6.45) is 5.07. The van der Waals surface area contributed by atoms with Crippen LogP contribution in [-0.4, -0.2) is 17.7 Å². The van der Waals surface area contributed by atoms with Gasteiger partial charge in [-0.15, -0.1) is 0 Å². The van der Waals surface area contributed by atoms with Crippen LogP contribution < -0.4 is 0 Å². The highest BCUT2D eigenvalue weighted by Gasteiger charge is 2.12. The zero-order valence-electron chi connectivity index (χ0n) is 11.2. The molecule has 0 aliphatic heterocycles. The van der Waals surface area contributed by atoms with E-state index in [-0.39, 0.29) is 11.7 Å². The number of ether oxygens (including phenoxy) is 1. The number of carbonyl (C=O) groups is 1. The Balaban J connectivity index is 2.51. The van der Waals surface area contributed by atoms with E-state index in [1.807, 2.05) is 6.92 Å². The molecule has 0 amide bonds. The molecule has 0 atom stereocenters. The summed E-state index contributed by atoms with van der Waals surface area (Å²) in [5, 5.41) is 9.37. The molecule has 0 fully saturated rings. The SMILES string of the molecule is CCCCCCOC(=O)c1ccc(O)cc1CC. The molecule has 1 aromatic carbocycles. The second kappa shape index (κ2) is 7.75. The van der Waals surface area contributed by atoms with Crippen molar-refractivity contribution in [2.75, 3.05) is 6.61 Å². The molecule has 1 aromatic rings. The molecule has 0 aliphatic carbocycles. The number of unbranched alkanes of at least 4 members (excludes halogenated alkanes) is 3. The number of rotatable bonds is 7. The number of phenols is 1. The highest BCUT2D eigenvalue weighted by atomic mass is 16.5. The van der Waals surface area contributed by atoms with Crippen LogP contribution in [0.2, 0.25) is 0 Å². The van der Waals surface area contributed by atoms with Gasteiger partial charge in [-0.1, -0.05) is 33.1 Å². The van der Waals surface area contributed by atoms with E-state index >= 15 is 0 Å². The van der Waals surface area contributed by atoms with E-state index in [9.17, 15) is 9.90 Å². The van der Waals surface area contributed by atoms with Crippen LogP contribution in [0.1, 0.15) is 55.5 Å². The Bertz CT molecular complexity index is 385. The van der Waals surface area contributed by atoms with E-state index in [4.69, 9.17) is 4.74 Å². The van der Waals surface area contributed by atoms with E-state index < -0.39 is 0 Å². The summed E-state index contributed by atoms with van der Waals surface area (Å²) < 4.78 is 5.24. The number of aromatic hydroxyl groups is 1. The lowest BCUT2D eigenvalue weighted by Gasteiger charge is -2.08.